The normalized spacial score (nSPS) is 33.0. The Hall–Kier alpha value is 0.0400. The second kappa shape index (κ2) is 2.96. The molecular weight excluding hydrogens is 264 g/mol. The largest absolute Gasteiger partial charge is 0.294 e. The third kappa shape index (κ3) is 1.37. The lowest BCUT2D eigenvalue weighted by Crippen LogP contribution is -2.32. The number of hydrogen-bond donors (Lipinski definition) is 0. The van der Waals surface area contributed by atoms with E-state index in [1.54, 1.807) is 0 Å². The topological polar surface area (TPSA) is 34.1 Å². The average Bonchev–Trinajstić information content (AvgIpc) is 1.93. The van der Waals surface area contributed by atoms with Gasteiger partial charge < -0.3 is 0 Å². The fourth-order valence-corrected chi connectivity index (χ4v) is 1.46. The van der Waals surface area contributed by atoms with E-state index in [2.05, 4.69) is 31.9 Å². The molecule has 2 nitrogen and oxygen atoms in total. The number of hydrogen-bond acceptors (Lipinski definition) is 2. The second-order valence-electron chi connectivity index (χ2n) is 1.94. The van der Waals surface area contributed by atoms with Gasteiger partial charge in [-0.2, -0.15) is 0 Å². The van der Waals surface area contributed by atoms with E-state index >= 15 is 0 Å². The summed E-state index contributed by atoms with van der Waals surface area (Å²) in [6.07, 6.45) is 2.58. The van der Waals surface area contributed by atoms with Crippen LogP contribution in [0.5, 0.6) is 0 Å². The Morgan fingerprint density at radius 2 is 1.30 bits per heavy atom. The van der Waals surface area contributed by atoms with Crippen molar-refractivity contribution in [3.05, 3.63) is 12.2 Å². The van der Waals surface area contributed by atoms with Crippen LogP contribution in [0.25, 0.3) is 0 Å². The Morgan fingerprint density at radius 1 is 1.00 bits per heavy atom. The second-order valence-corrected chi connectivity index (χ2v) is 3.91. The molecule has 0 aromatic heterocycles. The van der Waals surface area contributed by atoms with Gasteiger partial charge in [0.2, 0.25) is 0 Å². The van der Waals surface area contributed by atoms with Crippen LogP contribution in [-0.4, -0.2) is 21.2 Å². The van der Waals surface area contributed by atoms with Gasteiger partial charge in [-0.25, -0.2) is 0 Å². The lowest BCUT2D eigenvalue weighted by atomic mass is 10.1. The van der Waals surface area contributed by atoms with E-state index in [-0.39, 0.29) is 11.6 Å². The van der Waals surface area contributed by atoms with Crippen molar-refractivity contribution in [1.82, 2.24) is 0 Å². The van der Waals surface area contributed by atoms with Gasteiger partial charge in [-0.3, -0.25) is 9.59 Å². The molecule has 0 radical (unpaired) electrons. The molecule has 10 heavy (non-hydrogen) atoms. The van der Waals surface area contributed by atoms with Crippen LogP contribution in [0, 0.1) is 0 Å². The van der Waals surface area contributed by atoms with Crippen LogP contribution >= 0.6 is 31.9 Å². The fraction of sp³-hybridized carbons (Fsp3) is 0.333. The Labute approximate surface area is 74.9 Å². The van der Waals surface area contributed by atoms with Gasteiger partial charge >= 0.3 is 0 Å². The third-order valence-electron chi connectivity index (χ3n) is 1.21. The Balaban J connectivity index is 2.89. The first-order chi connectivity index (χ1) is 4.63. The highest BCUT2D eigenvalue weighted by Gasteiger charge is 2.29. The lowest BCUT2D eigenvalue weighted by molar-refractivity contribution is -0.119. The summed E-state index contributed by atoms with van der Waals surface area (Å²) in [6, 6.07) is 0. The number of rotatable bonds is 0. The Bertz CT molecular complexity index is 188. The van der Waals surface area contributed by atoms with Crippen LogP contribution < -0.4 is 0 Å². The number of halogens is 2. The summed E-state index contributed by atoms with van der Waals surface area (Å²) < 4.78 is 0. The first-order valence-corrected chi connectivity index (χ1v) is 4.50. The van der Waals surface area contributed by atoms with E-state index in [1.165, 1.54) is 12.2 Å². The molecule has 1 aliphatic carbocycles. The predicted molar refractivity (Wildman–Crippen MR) is 44.6 cm³/mol. The van der Waals surface area contributed by atoms with Gasteiger partial charge in [-0.15, -0.1) is 0 Å². The van der Waals surface area contributed by atoms with Crippen LogP contribution in [0.2, 0.25) is 0 Å². The summed E-state index contributed by atoms with van der Waals surface area (Å²) in [5, 5.41) is 0. The van der Waals surface area contributed by atoms with Crippen molar-refractivity contribution >= 4 is 43.4 Å². The molecule has 2 atom stereocenters. The van der Waals surface area contributed by atoms with Crippen molar-refractivity contribution in [2.24, 2.45) is 0 Å². The highest BCUT2D eigenvalue weighted by atomic mass is 79.9. The summed E-state index contributed by atoms with van der Waals surface area (Å²) in [7, 11) is 0. The molecule has 1 aliphatic rings. The minimum Gasteiger partial charge on any atom is -0.294 e. The quantitative estimate of drug-likeness (QED) is 0.619. The summed E-state index contributed by atoms with van der Waals surface area (Å²) in [6.45, 7) is 0. The molecule has 0 unspecified atom stereocenters. The number of alkyl halides is 2. The monoisotopic (exact) mass is 266 g/mol. The zero-order chi connectivity index (χ0) is 7.72. The zero-order valence-electron chi connectivity index (χ0n) is 4.88. The van der Waals surface area contributed by atoms with Crippen molar-refractivity contribution in [3.63, 3.8) is 0 Å². The van der Waals surface area contributed by atoms with E-state index in [0.717, 1.165) is 0 Å². The highest BCUT2D eigenvalue weighted by molar-refractivity contribution is 9.12. The predicted octanol–water partition coefficient (Wildman–Crippen LogP) is 1.22. The summed E-state index contributed by atoms with van der Waals surface area (Å²) in [4.78, 5) is 20.9. The standard InChI is InChI=1S/C6H4Br2O2/c7-5-3(9)1-2-4(10)6(5)8/h1-2,5-6H/t5-,6-/m1/s1. The molecule has 0 saturated carbocycles. The first-order valence-electron chi connectivity index (χ1n) is 2.67. The molecular formula is C6H4Br2O2. The lowest BCUT2D eigenvalue weighted by Gasteiger charge is -2.14. The molecule has 0 amide bonds. The molecule has 4 heteroatoms. The highest BCUT2D eigenvalue weighted by Crippen LogP contribution is 2.20. The number of carbonyl (C=O) groups excluding carboxylic acids is 2. The van der Waals surface area contributed by atoms with Gasteiger partial charge in [0.15, 0.2) is 11.6 Å². The van der Waals surface area contributed by atoms with Crippen LogP contribution in [0.1, 0.15) is 0 Å². The van der Waals surface area contributed by atoms with E-state index in [9.17, 15) is 9.59 Å². The van der Waals surface area contributed by atoms with Gasteiger partial charge in [-0.05, 0) is 12.2 Å². The molecule has 0 N–H and O–H groups in total. The maximum absolute atomic E-state index is 10.8. The van der Waals surface area contributed by atoms with Crippen molar-refractivity contribution in [2.45, 2.75) is 9.65 Å². The van der Waals surface area contributed by atoms with Crippen molar-refractivity contribution in [3.8, 4) is 0 Å². The van der Waals surface area contributed by atoms with Gasteiger partial charge in [0.05, 0.1) is 9.65 Å². The van der Waals surface area contributed by atoms with Crippen LogP contribution in [-0.2, 0) is 9.59 Å². The molecule has 0 bridgehead atoms. The Morgan fingerprint density at radius 3 is 1.60 bits per heavy atom. The van der Waals surface area contributed by atoms with Gasteiger partial charge in [0.25, 0.3) is 0 Å². The van der Waals surface area contributed by atoms with Crippen LogP contribution in [0.15, 0.2) is 12.2 Å². The minimum atomic E-state index is -0.398. The number of allylic oxidation sites excluding steroid dienone is 2. The summed E-state index contributed by atoms with van der Waals surface area (Å²) >= 11 is 6.18. The molecule has 54 valence electrons. The van der Waals surface area contributed by atoms with Gasteiger partial charge in [-0.1, -0.05) is 31.9 Å². The molecule has 0 aromatic carbocycles. The first kappa shape index (κ1) is 8.14. The molecule has 0 saturated heterocycles. The zero-order valence-corrected chi connectivity index (χ0v) is 8.05. The fourth-order valence-electron chi connectivity index (χ4n) is 0.637. The van der Waals surface area contributed by atoms with Crippen molar-refractivity contribution < 1.29 is 9.59 Å². The Kier molecular flexibility index (Phi) is 2.41. The molecule has 0 aliphatic heterocycles. The third-order valence-corrected chi connectivity index (χ3v) is 3.88. The van der Waals surface area contributed by atoms with Crippen LogP contribution in [0.3, 0.4) is 0 Å². The summed E-state index contributed by atoms with van der Waals surface area (Å²) in [5.74, 6) is -0.136. The summed E-state index contributed by atoms with van der Waals surface area (Å²) in [5.41, 5.74) is 0. The molecule has 1 rings (SSSR count). The number of carbonyl (C=O) groups is 2. The molecule has 0 spiro atoms. The maximum atomic E-state index is 10.8. The molecule has 0 fully saturated rings. The van der Waals surface area contributed by atoms with E-state index < -0.39 is 9.65 Å². The average molecular weight is 268 g/mol. The molecule has 0 aromatic rings. The maximum Gasteiger partial charge on any atom is 0.171 e. The van der Waals surface area contributed by atoms with Gasteiger partial charge in [0, 0.05) is 0 Å². The smallest absolute Gasteiger partial charge is 0.171 e. The van der Waals surface area contributed by atoms with E-state index in [1.807, 2.05) is 0 Å². The van der Waals surface area contributed by atoms with Crippen LogP contribution in [0.4, 0.5) is 0 Å². The van der Waals surface area contributed by atoms with E-state index in [0.29, 0.717) is 0 Å². The minimum absolute atomic E-state index is 0.0681. The SMILES string of the molecule is O=C1C=CC(=O)[C@@H](Br)[C@@H]1Br. The van der Waals surface area contributed by atoms with Gasteiger partial charge in [0.1, 0.15) is 0 Å². The van der Waals surface area contributed by atoms with Crippen molar-refractivity contribution in [1.29, 1.82) is 0 Å². The molecule has 0 heterocycles. The van der Waals surface area contributed by atoms with Crippen molar-refractivity contribution in [2.75, 3.05) is 0 Å². The number of ketones is 2. The van der Waals surface area contributed by atoms with E-state index in [4.69, 9.17) is 0 Å².